The number of thiazole rings is 1. The Balaban J connectivity index is 1.90. The molecular weight excluding hydrogens is 286 g/mol. The Morgan fingerprint density at radius 1 is 1.38 bits per heavy atom. The second kappa shape index (κ2) is 5.64. The highest BCUT2D eigenvalue weighted by Gasteiger charge is 2.40. The summed E-state index contributed by atoms with van der Waals surface area (Å²) in [5.74, 6) is 0.141. The molecule has 0 bridgehead atoms. The van der Waals surface area contributed by atoms with Crippen LogP contribution in [0, 0.1) is 5.41 Å². The molecule has 1 aliphatic carbocycles. The maximum absolute atomic E-state index is 11.8. The standard InChI is InChI=1S/C16H19NO3S/c1-20-11-5-6-12-13(9-11)21-14(17-12)10-16(15(18)19)7-3-2-4-8-16/h5-6,9H,2-4,7-8,10H2,1H3,(H,18,19). The Morgan fingerprint density at radius 3 is 2.81 bits per heavy atom. The van der Waals surface area contributed by atoms with Gasteiger partial charge in [0.25, 0.3) is 0 Å². The van der Waals surface area contributed by atoms with E-state index >= 15 is 0 Å². The Kier molecular flexibility index (Phi) is 3.85. The van der Waals surface area contributed by atoms with E-state index in [1.165, 1.54) is 0 Å². The van der Waals surface area contributed by atoms with Crippen LogP contribution in [0.4, 0.5) is 0 Å². The normalized spacial score (nSPS) is 17.8. The molecule has 1 fully saturated rings. The summed E-state index contributed by atoms with van der Waals surface area (Å²) in [6.45, 7) is 0. The first-order valence-electron chi connectivity index (χ1n) is 7.30. The van der Waals surface area contributed by atoms with Crippen molar-refractivity contribution in [1.29, 1.82) is 0 Å². The third kappa shape index (κ3) is 2.75. The molecule has 1 aromatic carbocycles. The predicted molar refractivity (Wildman–Crippen MR) is 83.0 cm³/mol. The summed E-state index contributed by atoms with van der Waals surface area (Å²) in [7, 11) is 1.64. The van der Waals surface area contributed by atoms with Gasteiger partial charge in [-0.05, 0) is 31.0 Å². The molecule has 1 aliphatic rings. The average molecular weight is 305 g/mol. The molecule has 1 aromatic heterocycles. The van der Waals surface area contributed by atoms with Crippen molar-refractivity contribution in [3.63, 3.8) is 0 Å². The number of nitrogens with zero attached hydrogens (tertiary/aromatic N) is 1. The van der Waals surface area contributed by atoms with Gasteiger partial charge in [-0.25, -0.2) is 4.98 Å². The summed E-state index contributed by atoms with van der Waals surface area (Å²) in [6, 6.07) is 5.78. The maximum Gasteiger partial charge on any atom is 0.310 e. The van der Waals surface area contributed by atoms with Crippen LogP contribution in [-0.2, 0) is 11.2 Å². The summed E-state index contributed by atoms with van der Waals surface area (Å²) in [5, 5.41) is 10.6. The first kappa shape index (κ1) is 14.3. The maximum atomic E-state index is 11.8. The zero-order chi connectivity index (χ0) is 14.9. The molecule has 0 saturated heterocycles. The largest absolute Gasteiger partial charge is 0.497 e. The molecule has 0 spiro atoms. The number of hydrogen-bond donors (Lipinski definition) is 1. The van der Waals surface area contributed by atoms with Gasteiger partial charge in [0, 0.05) is 6.42 Å². The van der Waals surface area contributed by atoms with Gasteiger partial charge in [-0.3, -0.25) is 4.79 Å². The predicted octanol–water partition coefficient (Wildman–Crippen LogP) is 3.88. The molecule has 21 heavy (non-hydrogen) atoms. The number of carboxylic acid groups (broad SMARTS) is 1. The lowest BCUT2D eigenvalue weighted by Crippen LogP contribution is -2.35. The van der Waals surface area contributed by atoms with Gasteiger partial charge in [-0.2, -0.15) is 0 Å². The Bertz CT molecular complexity index is 659. The number of hydrogen-bond acceptors (Lipinski definition) is 4. The molecule has 1 saturated carbocycles. The zero-order valence-corrected chi connectivity index (χ0v) is 12.9. The van der Waals surface area contributed by atoms with Crippen LogP contribution >= 0.6 is 11.3 Å². The van der Waals surface area contributed by atoms with Crippen LogP contribution in [0.1, 0.15) is 37.1 Å². The number of carboxylic acids is 1. The molecule has 0 atom stereocenters. The number of carbonyl (C=O) groups is 1. The van der Waals surface area contributed by atoms with E-state index < -0.39 is 11.4 Å². The third-order valence-electron chi connectivity index (χ3n) is 4.39. The van der Waals surface area contributed by atoms with Crippen LogP contribution in [0.2, 0.25) is 0 Å². The molecule has 3 rings (SSSR count). The Hall–Kier alpha value is -1.62. The molecule has 0 radical (unpaired) electrons. The van der Waals surface area contributed by atoms with Crippen molar-refractivity contribution < 1.29 is 14.6 Å². The van der Waals surface area contributed by atoms with Gasteiger partial charge in [-0.1, -0.05) is 19.3 Å². The first-order valence-corrected chi connectivity index (χ1v) is 8.11. The topological polar surface area (TPSA) is 59.4 Å². The second-order valence-corrected chi connectivity index (χ2v) is 6.88. The molecule has 0 amide bonds. The van der Waals surface area contributed by atoms with E-state index in [0.717, 1.165) is 53.1 Å². The minimum Gasteiger partial charge on any atom is -0.497 e. The third-order valence-corrected chi connectivity index (χ3v) is 5.41. The highest BCUT2D eigenvalue weighted by atomic mass is 32.1. The van der Waals surface area contributed by atoms with E-state index in [2.05, 4.69) is 4.98 Å². The SMILES string of the molecule is COc1ccc2nc(CC3(C(=O)O)CCCCC3)sc2c1. The molecule has 2 aromatic rings. The van der Waals surface area contributed by atoms with E-state index in [-0.39, 0.29) is 0 Å². The van der Waals surface area contributed by atoms with Crippen molar-refractivity contribution in [2.24, 2.45) is 5.41 Å². The summed E-state index contributed by atoms with van der Waals surface area (Å²) in [4.78, 5) is 16.4. The lowest BCUT2D eigenvalue weighted by Gasteiger charge is -2.32. The minimum atomic E-state index is -0.668. The van der Waals surface area contributed by atoms with Crippen LogP contribution < -0.4 is 4.74 Å². The Labute approximate surface area is 127 Å². The molecule has 1 heterocycles. The average Bonchev–Trinajstić information content (AvgIpc) is 2.88. The van der Waals surface area contributed by atoms with Gasteiger partial charge in [-0.15, -0.1) is 11.3 Å². The van der Waals surface area contributed by atoms with Gasteiger partial charge in [0.1, 0.15) is 5.75 Å². The fourth-order valence-corrected chi connectivity index (χ4v) is 4.28. The van der Waals surface area contributed by atoms with Crippen molar-refractivity contribution in [1.82, 2.24) is 4.98 Å². The van der Waals surface area contributed by atoms with Gasteiger partial charge in [0.05, 0.1) is 27.7 Å². The summed E-state index contributed by atoms with van der Waals surface area (Å²) < 4.78 is 6.28. The van der Waals surface area contributed by atoms with E-state index in [0.29, 0.717) is 6.42 Å². The highest BCUT2D eigenvalue weighted by molar-refractivity contribution is 7.18. The number of benzene rings is 1. The van der Waals surface area contributed by atoms with Crippen LogP contribution in [-0.4, -0.2) is 23.2 Å². The molecule has 112 valence electrons. The molecule has 5 heteroatoms. The first-order chi connectivity index (χ1) is 10.1. The van der Waals surface area contributed by atoms with Gasteiger partial charge in [0.15, 0.2) is 0 Å². The molecule has 0 unspecified atom stereocenters. The van der Waals surface area contributed by atoms with Gasteiger partial charge >= 0.3 is 5.97 Å². The monoisotopic (exact) mass is 305 g/mol. The number of fused-ring (bicyclic) bond motifs is 1. The number of aromatic nitrogens is 1. The zero-order valence-electron chi connectivity index (χ0n) is 12.1. The highest BCUT2D eigenvalue weighted by Crippen LogP contribution is 2.41. The fraction of sp³-hybridized carbons (Fsp3) is 0.500. The van der Waals surface area contributed by atoms with Crippen LogP contribution in [0.3, 0.4) is 0 Å². The van der Waals surface area contributed by atoms with Crippen LogP contribution in [0.5, 0.6) is 5.75 Å². The number of aliphatic carboxylic acids is 1. The fourth-order valence-electron chi connectivity index (χ4n) is 3.14. The molecule has 0 aliphatic heterocycles. The van der Waals surface area contributed by atoms with Gasteiger partial charge in [0.2, 0.25) is 0 Å². The quantitative estimate of drug-likeness (QED) is 0.931. The summed E-state index contributed by atoms with van der Waals surface area (Å²) in [5.41, 5.74) is 0.308. The van der Waals surface area contributed by atoms with Gasteiger partial charge < -0.3 is 9.84 Å². The van der Waals surface area contributed by atoms with E-state index in [9.17, 15) is 9.90 Å². The van der Waals surface area contributed by atoms with Crippen molar-refractivity contribution in [3.05, 3.63) is 23.2 Å². The van der Waals surface area contributed by atoms with E-state index in [4.69, 9.17) is 4.74 Å². The molecular formula is C16H19NO3S. The number of methoxy groups -OCH3 is 1. The molecule has 1 N–H and O–H groups in total. The van der Waals surface area contributed by atoms with Crippen molar-refractivity contribution in [3.8, 4) is 5.75 Å². The van der Waals surface area contributed by atoms with Crippen molar-refractivity contribution >= 4 is 27.5 Å². The number of rotatable bonds is 4. The lowest BCUT2D eigenvalue weighted by molar-refractivity contribution is -0.151. The molecule has 4 nitrogen and oxygen atoms in total. The van der Waals surface area contributed by atoms with E-state index in [1.54, 1.807) is 18.4 Å². The van der Waals surface area contributed by atoms with Crippen molar-refractivity contribution in [2.75, 3.05) is 7.11 Å². The minimum absolute atomic E-state index is 0.546. The van der Waals surface area contributed by atoms with E-state index in [1.807, 2.05) is 18.2 Å². The Morgan fingerprint density at radius 2 is 2.14 bits per heavy atom. The summed E-state index contributed by atoms with van der Waals surface area (Å²) in [6.07, 6.45) is 5.23. The van der Waals surface area contributed by atoms with Crippen molar-refractivity contribution in [2.45, 2.75) is 38.5 Å². The van der Waals surface area contributed by atoms with Crippen LogP contribution in [0.25, 0.3) is 10.2 Å². The second-order valence-electron chi connectivity index (χ2n) is 5.76. The smallest absolute Gasteiger partial charge is 0.310 e. The lowest BCUT2D eigenvalue weighted by atomic mass is 9.72. The number of ether oxygens (including phenoxy) is 1. The van der Waals surface area contributed by atoms with Crippen LogP contribution in [0.15, 0.2) is 18.2 Å². The summed E-state index contributed by atoms with van der Waals surface area (Å²) >= 11 is 1.58.